The van der Waals surface area contributed by atoms with Gasteiger partial charge in [0.1, 0.15) is 6.33 Å². The lowest BCUT2D eigenvalue weighted by atomic mass is 9.92. The molecule has 2 amide bonds. The van der Waals surface area contributed by atoms with E-state index in [1.54, 1.807) is 0 Å². The van der Waals surface area contributed by atoms with Crippen molar-refractivity contribution in [3.63, 3.8) is 0 Å². The molecule has 24 heavy (non-hydrogen) atoms. The van der Waals surface area contributed by atoms with Crippen molar-refractivity contribution >= 4 is 11.8 Å². The van der Waals surface area contributed by atoms with Crippen LogP contribution >= 0.6 is 0 Å². The second-order valence-electron chi connectivity index (χ2n) is 6.49. The van der Waals surface area contributed by atoms with Crippen molar-refractivity contribution in [2.45, 2.75) is 18.9 Å². The van der Waals surface area contributed by atoms with E-state index in [4.69, 9.17) is 0 Å². The van der Waals surface area contributed by atoms with Gasteiger partial charge in [0.25, 0.3) is 5.91 Å². The fourth-order valence-electron chi connectivity index (χ4n) is 3.77. The Labute approximate surface area is 139 Å². The number of aromatic nitrogens is 3. The molecule has 0 spiro atoms. The van der Waals surface area contributed by atoms with Gasteiger partial charge in [0.2, 0.25) is 5.91 Å². The summed E-state index contributed by atoms with van der Waals surface area (Å²) in [7, 11) is 1.87. The monoisotopic (exact) mass is 325 g/mol. The Kier molecular flexibility index (Phi) is 3.55. The van der Waals surface area contributed by atoms with Crippen molar-refractivity contribution < 1.29 is 9.59 Å². The van der Waals surface area contributed by atoms with Gasteiger partial charge in [-0.15, -0.1) is 0 Å². The zero-order chi connectivity index (χ0) is 16.7. The lowest BCUT2D eigenvalue weighted by Gasteiger charge is -2.36. The van der Waals surface area contributed by atoms with Crippen molar-refractivity contribution in [1.82, 2.24) is 25.0 Å². The van der Waals surface area contributed by atoms with Crippen molar-refractivity contribution in [2.75, 3.05) is 20.1 Å². The Morgan fingerprint density at radius 2 is 2.08 bits per heavy atom. The number of hydrogen-bond donors (Lipinski definition) is 1. The summed E-state index contributed by atoms with van der Waals surface area (Å²) < 4.78 is 0. The predicted molar refractivity (Wildman–Crippen MR) is 87.0 cm³/mol. The normalized spacial score (nSPS) is 23.5. The van der Waals surface area contributed by atoms with Crippen LogP contribution in [0.25, 0.3) is 11.4 Å². The fraction of sp³-hybridized carbons (Fsp3) is 0.412. The average molecular weight is 325 g/mol. The smallest absolute Gasteiger partial charge is 0.253 e. The number of carbonyl (C=O) groups is 2. The topological polar surface area (TPSA) is 82.2 Å². The largest absolute Gasteiger partial charge is 0.342 e. The van der Waals surface area contributed by atoms with Crippen LogP contribution in [0, 0.1) is 5.92 Å². The minimum absolute atomic E-state index is 0.0274. The number of nitrogens with one attached hydrogen (secondary N) is 1. The van der Waals surface area contributed by atoms with Crippen molar-refractivity contribution in [2.24, 2.45) is 5.92 Å². The third-order valence-electron chi connectivity index (χ3n) is 5.13. The summed E-state index contributed by atoms with van der Waals surface area (Å²) in [4.78, 5) is 32.4. The van der Waals surface area contributed by atoms with E-state index in [9.17, 15) is 9.59 Å². The SMILES string of the molecule is CN1C(=O)C[C@@H]2CN(C(=O)c3ccc(-c4ncn[nH]4)cc3)CC[C@@H]21. The minimum Gasteiger partial charge on any atom is -0.342 e. The average Bonchev–Trinajstić information content (AvgIpc) is 3.23. The van der Waals surface area contributed by atoms with Crippen LogP contribution in [0.15, 0.2) is 30.6 Å². The van der Waals surface area contributed by atoms with E-state index in [0.29, 0.717) is 30.9 Å². The molecule has 2 aliphatic heterocycles. The number of benzene rings is 1. The van der Waals surface area contributed by atoms with Gasteiger partial charge >= 0.3 is 0 Å². The zero-order valence-electron chi connectivity index (χ0n) is 13.5. The van der Waals surface area contributed by atoms with E-state index in [0.717, 1.165) is 12.0 Å². The summed E-state index contributed by atoms with van der Waals surface area (Å²) in [6, 6.07) is 7.66. The van der Waals surface area contributed by atoms with Gasteiger partial charge in [-0.2, -0.15) is 5.10 Å². The van der Waals surface area contributed by atoms with Gasteiger partial charge in [0.05, 0.1) is 0 Å². The maximum atomic E-state index is 12.7. The molecule has 124 valence electrons. The van der Waals surface area contributed by atoms with Gasteiger partial charge in [0, 0.05) is 49.6 Å². The summed E-state index contributed by atoms with van der Waals surface area (Å²) in [6.45, 7) is 1.35. The molecule has 0 unspecified atom stereocenters. The molecule has 2 atom stereocenters. The van der Waals surface area contributed by atoms with Gasteiger partial charge in [-0.1, -0.05) is 12.1 Å². The van der Waals surface area contributed by atoms with Crippen LogP contribution in [0.5, 0.6) is 0 Å². The number of fused-ring (bicyclic) bond motifs is 1. The summed E-state index contributed by atoms with van der Waals surface area (Å²) in [5.74, 6) is 1.16. The molecule has 3 heterocycles. The molecule has 0 saturated carbocycles. The molecule has 1 aromatic heterocycles. The quantitative estimate of drug-likeness (QED) is 0.898. The van der Waals surface area contributed by atoms with E-state index >= 15 is 0 Å². The zero-order valence-corrected chi connectivity index (χ0v) is 13.5. The van der Waals surface area contributed by atoms with Gasteiger partial charge in [0.15, 0.2) is 5.82 Å². The third kappa shape index (κ3) is 2.46. The molecule has 7 heteroatoms. The Bertz CT molecular complexity index is 756. The Hall–Kier alpha value is -2.70. The van der Waals surface area contributed by atoms with E-state index < -0.39 is 0 Å². The maximum Gasteiger partial charge on any atom is 0.253 e. The van der Waals surface area contributed by atoms with Crippen LogP contribution < -0.4 is 0 Å². The van der Waals surface area contributed by atoms with Crippen LogP contribution in [0.3, 0.4) is 0 Å². The highest BCUT2D eigenvalue weighted by atomic mass is 16.2. The summed E-state index contributed by atoms with van der Waals surface area (Å²) >= 11 is 0. The van der Waals surface area contributed by atoms with Gasteiger partial charge < -0.3 is 9.80 Å². The first-order chi connectivity index (χ1) is 11.6. The number of amides is 2. The van der Waals surface area contributed by atoms with Gasteiger partial charge in [-0.3, -0.25) is 14.7 Å². The molecule has 2 aliphatic rings. The number of aromatic amines is 1. The van der Waals surface area contributed by atoms with Crippen molar-refractivity contribution in [3.8, 4) is 11.4 Å². The minimum atomic E-state index is 0.0274. The molecule has 1 N–H and O–H groups in total. The highest BCUT2D eigenvalue weighted by Crippen LogP contribution is 2.31. The molecule has 2 fully saturated rings. The number of nitrogens with zero attached hydrogens (tertiary/aromatic N) is 4. The number of rotatable bonds is 2. The third-order valence-corrected chi connectivity index (χ3v) is 5.13. The van der Waals surface area contributed by atoms with Crippen LogP contribution in [-0.4, -0.2) is 63.0 Å². The lowest BCUT2D eigenvalue weighted by molar-refractivity contribution is -0.127. The standard InChI is InChI=1S/C17H19N5O2/c1-21-14-6-7-22(9-13(14)8-15(21)23)17(24)12-4-2-11(3-5-12)16-18-10-19-20-16/h2-5,10,13-14H,6-9H2,1H3,(H,18,19,20)/t13-,14+/m1/s1. The van der Waals surface area contributed by atoms with Crippen molar-refractivity contribution in [1.29, 1.82) is 0 Å². The van der Waals surface area contributed by atoms with Crippen LogP contribution in [0.2, 0.25) is 0 Å². The molecule has 2 saturated heterocycles. The van der Waals surface area contributed by atoms with Crippen LogP contribution in [-0.2, 0) is 4.79 Å². The lowest BCUT2D eigenvalue weighted by Crippen LogP contribution is -2.47. The molecule has 1 aromatic carbocycles. The van der Waals surface area contributed by atoms with E-state index in [1.165, 1.54) is 6.33 Å². The maximum absolute atomic E-state index is 12.7. The first kappa shape index (κ1) is 14.9. The second-order valence-corrected chi connectivity index (χ2v) is 6.49. The summed E-state index contributed by atoms with van der Waals surface area (Å²) in [5, 5.41) is 6.64. The highest BCUT2D eigenvalue weighted by Gasteiger charge is 2.41. The highest BCUT2D eigenvalue weighted by molar-refractivity contribution is 5.94. The molecular formula is C17H19N5O2. The molecule has 0 aliphatic carbocycles. The summed E-state index contributed by atoms with van der Waals surface area (Å²) in [6.07, 6.45) is 2.86. The van der Waals surface area contributed by atoms with Gasteiger partial charge in [-0.25, -0.2) is 4.98 Å². The van der Waals surface area contributed by atoms with E-state index in [2.05, 4.69) is 15.2 Å². The van der Waals surface area contributed by atoms with Crippen molar-refractivity contribution in [3.05, 3.63) is 36.2 Å². The molecule has 2 aromatic rings. The van der Waals surface area contributed by atoms with Gasteiger partial charge in [-0.05, 0) is 18.6 Å². The van der Waals surface area contributed by atoms with Crippen LogP contribution in [0.4, 0.5) is 0 Å². The molecule has 0 bridgehead atoms. The number of likely N-dealkylation sites (tertiary alicyclic amines) is 2. The Morgan fingerprint density at radius 3 is 2.79 bits per heavy atom. The fourth-order valence-corrected chi connectivity index (χ4v) is 3.77. The summed E-state index contributed by atoms with van der Waals surface area (Å²) in [5.41, 5.74) is 1.56. The van der Waals surface area contributed by atoms with E-state index in [1.807, 2.05) is 41.1 Å². The molecular weight excluding hydrogens is 306 g/mol. The van der Waals surface area contributed by atoms with E-state index in [-0.39, 0.29) is 23.8 Å². The molecule has 0 radical (unpaired) electrons. The number of H-pyrrole nitrogens is 1. The van der Waals surface area contributed by atoms with Crippen LogP contribution in [0.1, 0.15) is 23.2 Å². The number of carbonyl (C=O) groups excluding carboxylic acids is 2. The number of piperidine rings is 1. The first-order valence-electron chi connectivity index (χ1n) is 8.14. The molecule has 7 nitrogen and oxygen atoms in total. The number of hydrogen-bond acceptors (Lipinski definition) is 4. The first-order valence-corrected chi connectivity index (χ1v) is 8.14. The second kappa shape index (κ2) is 5.74. The Balaban J connectivity index is 1.47. The molecule has 4 rings (SSSR count). The Morgan fingerprint density at radius 1 is 1.29 bits per heavy atom. The predicted octanol–water partition coefficient (Wildman–Crippen LogP) is 1.16.